The first-order valence-electron chi connectivity index (χ1n) is 10.7. The number of aryl methyl sites for hydroxylation is 1. The van der Waals surface area contributed by atoms with Gasteiger partial charge in [0.15, 0.2) is 0 Å². The van der Waals surface area contributed by atoms with E-state index < -0.39 is 0 Å². The van der Waals surface area contributed by atoms with Gasteiger partial charge in [-0.3, -0.25) is 10.1 Å². The Bertz CT molecular complexity index is 1350. The van der Waals surface area contributed by atoms with E-state index in [0.717, 1.165) is 23.2 Å². The largest absolute Gasteiger partial charge is 0.377 e. The molecule has 0 saturated carbocycles. The van der Waals surface area contributed by atoms with Crippen LogP contribution in [0, 0.1) is 23.0 Å². The molecule has 31 heavy (non-hydrogen) atoms. The average molecular weight is 406 g/mol. The summed E-state index contributed by atoms with van der Waals surface area (Å²) in [5.74, 6) is 0.279. The highest BCUT2D eigenvalue weighted by Gasteiger charge is 2.43. The summed E-state index contributed by atoms with van der Waals surface area (Å²) in [7, 11) is 0. The van der Waals surface area contributed by atoms with Crippen molar-refractivity contribution >= 4 is 32.9 Å². The van der Waals surface area contributed by atoms with Gasteiger partial charge in [-0.15, -0.1) is 0 Å². The van der Waals surface area contributed by atoms with Crippen LogP contribution in [0.25, 0.3) is 21.5 Å². The lowest BCUT2D eigenvalue weighted by atomic mass is 9.74. The van der Waals surface area contributed by atoms with Gasteiger partial charge in [0.05, 0.1) is 16.5 Å². The molecule has 0 spiro atoms. The summed E-state index contributed by atoms with van der Waals surface area (Å²) >= 11 is 0. The Labute approximate surface area is 180 Å². The molecule has 3 atom stereocenters. The van der Waals surface area contributed by atoms with Crippen LogP contribution in [0.5, 0.6) is 0 Å². The second kappa shape index (κ2) is 6.67. The molecule has 4 heteroatoms. The van der Waals surface area contributed by atoms with Crippen LogP contribution in [-0.4, -0.2) is 4.92 Å². The highest BCUT2D eigenvalue weighted by Crippen LogP contribution is 2.54. The van der Waals surface area contributed by atoms with Crippen molar-refractivity contribution in [2.45, 2.75) is 25.3 Å². The third kappa shape index (κ3) is 2.61. The second-order valence-corrected chi connectivity index (χ2v) is 8.66. The standard InChI is InChI=1S/C27H22N2O2/c1-16-13-14-23(29(30)31)25-21-11-6-12-22(21)27(28-26(16)25)24-19-9-4-2-7-17(19)15-18-8-3-5-10-20(18)24/h2-11,13-15,21-22,27-28H,12H2,1H3/t21-,22+,27+/m1/s1. The van der Waals surface area contributed by atoms with Gasteiger partial charge < -0.3 is 5.32 Å². The number of nitrogens with zero attached hydrogens (tertiary/aromatic N) is 1. The van der Waals surface area contributed by atoms with Crippen molar-refractivity contribution < 1.29 is 4.92 Å². The number of anilines is 1. The Morgan fingerprint density at radius 1 is 0.935 bits per heavy atom. The quantitative estimate of drug-likeness (QED) is 0.168. The van der Waals surface area contributed by atoms with Gasteiger partial charge in [0.25, 0.3) is 5.69 Å². The summed E-state index contributed by atoms with van der Waals surface area (Å²) in [5, 5.41) is 20.6. The predicted molar refractivity (Wildman–Crippen MR) is 126 cm³/mol. The zero-order chi connectivity index (χ0) is 21.1. The molecular weight excluding hydrogens is 384 g/mol. The SMILES string of the molecule is Cc1ccc([N+](=O)[O-])c2c1N[C@H](c1c3ccccc3cc3ccccc13)[C@H]1CC=C[C@@H]21. The molecule has 0 radical (unpaired) electrons. The van der Waals surface area contributed by atoms with Crippen molar-refractivity contribution in [3.8, 4) is 0 Å². The molecule has 0 fully saturated rings. The summed E-state index contributed by atoms with van der Waals surface area (Å²) in [5.41, 5.74) is 4.32. The summed E-state index contributed by atoms with van der Waals surface area (Å²) in [4.78, 5) is 11.6. The molecule has 0 unspecified atom stereocenters. The Morgan fingerprint density at radius 3 is 2.29 bits per heavy atom. The van der Waals surface area contributed by atoms with Crippen LogP contribution in [0.1, 0.15) is 35.1 Å². The number of nitro benzene ring substituents is 1. The third-order valence-corrected chi connectivity index (χ3v) is 7.03. The number of nitrogens with one attached hydrogen (secondary N) is 1. The molecule has 4 aromatic carbocycles. The average Bonchev–Trinajstić information content (AvgIpc) is 3.27. The maximum atomic E-state index is 11.8. The van der Waals surface area contributed by atoms with Crippen molar-refractivity contribution in [2.24, 2.45) is 5.92 Å². The van der Waals surface area contributed by atoms with Crippen molar-refractivity contribution in [3.05, 3.63) is 106 Å². The van der Waals surface area contributed by atoms with Crippen LogP contribution in [0.15, 0.2) is 78.9 Å². The van der Waals surface area contributed by atoms with Crippen LogP contribution in [0.2, 0.25) is 0 Å². The van der Waals surface area contributed by atoms with E-state index in [1.807, 2.05) is 13.0 Å². The Balaban J connectivity index is 1.65. The molecule has 1 N–H and O–H groups in total. The number of fused-ring (bicyclic) bond motifs is 5. The lowest BCUT2D eigenvalue weighted by molar-refractivity contribution is -0.385. The van der Waals surface area contributed by atoms with Gasteiger partial charge in [0.1, 0.15) is 0 Å². The first-order chi connectivity index (χ1) is 15.1. The van der Waals surface area contributed by atoms with E-state index in [2.05, 4.69) is 72.1 Å². The topological polar surface area (TPSA) is 55.2 Å². The molecule has 0 bridgehead atoms. The van der Waals surface area contributed by atoms with Crippen LogP contribution in [0.4, 0.5) is 11.4 Å². The number of benzene rings is 4. The van der Waals surface area contributed by atoms with Gasteiger partial charge in [-0.25, -0.2) is 0 Å². The molecule has 1 aliphatic carbocycles. The van der Waals surface area contributed by atoms with E-state index in [0.29, 0.717) is 0 Å². The molecule has 0 amide bonds. The lowest BCUT2D eigenvalue weighted by Crippen LogP contribution is -2.30. The van der Waals surface area contributed by atoms with Crippen LogP contribution >= 0.6 is 0 Å². The first kappa shape index (κ1) is 18.1. The Kier molecular flexibility index (Phi) is 3.90. The van der Waals surface area contributed by atoms with Gasteiger partial charge >= 0.3 is 0 Å². The van der Waals surface area contributed by atoms with Crippen LogP contribution in [0.3, 0.4) is 0 Å². The molecule has 1 heterocycles. The fourth-order valence-electron chi connectivity index (χ4n) is 5.66. The fraction of sp³-hybridized carbons (Fsp3) is 0.185. The monoisotopic (exact) mass is 406 g/mol. The Hall–Kier alpha value is -3.66. The van der Waals surface area contributed by atoms with Gasteiger partial charge in [0.2, 0.25) is 0 Å². The van der Waals surface area contributed by atoms with Crippen LogP contribution in [-0.2, 0) is 0 Å². The second-order valence-electron chi connectivity index (χ2n) is 8.66. The van der Waals surface area contributed by atoms with Crippen molar-refractivity contribution in [2.75, 3.05) is 5.32 Å². The molecule has 4 nitrogen and oxygen atoms in total. The molecule has 152 valence electrons. The first-order valence-corrected chi connectivity index (χ1v) is 10.7. The zero-order valence-electron chi connectivity index (χ0n) is 17.2. The van der Waals surface area contributed by atoms with E-state index in [4.69, 9.17) is 0 Å². The number of rotatable bonds is 2. The summed E-state index contributed by atoms with van der Waals surface area (Å²) in [6.07, 6.45) is 5.28. The van der Waals surface area contributed by atoms with Crippen molar-refractivity contribution in [3.63, 3.8) is 0 Å². The molecular formula is C27H22N2O2. The highest BCUT2D eigenvalue weighted by molar-refractivity contribution is 6.03. The normalized spacial score (nSPS) is 21.6. The molecule has 1 aliphatic heterocycles. The van der Waals surface area contributed by atoms with Gasteiger partial charge in [0, 0.05) is 17.7 Å². The van der Waals surface area contributed by atoms with Gasteiger partial charge in [-0.1, -0.05) is 66.7 Å². The molecule has 6 rings (SSSR count). The van der Waals surface area contributed by atoms with Gasteiger partial charge in [-0.2, -0.15) is 0 Å². The number of allylic oxidation sites excluding steroid dienone is 2. The van der Waals surface area contributed by atoms with Crippen molar-refractivity contribution in [1.82, 2.24) is 0 Å². The maximum Gasteiger partial charge on any atom is 0.275 e. The predicted octanol–water partition coefficient (Wildman–Crippen LogP) is 7.04. The third-order valence-electron chi connectivity index (χ3n) is 7.03. The lowest BCUT2D eigenvalue weighted by Gasteiger charge is -2.39. The molecule has 4 aromatic rings. The molecule has 2 aliphatic rings. The highest BCUT2D eigenvalue weighted by atomic mass is 16.6. The maximum absolute atomic E-state index is 11.8. The minimum Gasteiger partial charge on any atom is -0.377 e. The minimum absolute atomic E-state index is 0.0410. The number of hydrogen-bond acceptors (Lipinski definition) is 3. The van der Waals surface area contributed by atoms with Crippen molar-refractivity contribution in [1.29, 1.82) is 0 Å². The number of hydrogen-bond donors (Lipinski definition) is 1. The smallest absolute Gasteiger partial charge is 0.275 e. The van der Waals surface area contributed by atoms with Crippen LogP contribution < -0.4 is 5.32 Å². The summed E-state index contributed by atoms with van der Waals surface area (Å²) in [6.45, 7) is 2.03. The van der Waals surface area contributed by atoms with E-state index in [1.165, 1.54) is 27.1 Å². The Morgan fingerprint density at radius 2 is 1.61 bits per heavy atom. The van der Waals surface area contributed by atoms with E-state index in [-0.39, 0.29) is 28.5 Å². The summed E-state index contributed by atoms with van der Waals surface area (Å²) < 4.78 is 0. The van der Waals surface area contributed by atoms with Gasteiger partial charge in [-0.05, 0) is 58.0 Å². The number of nitro groups is 1. The summed E-state index contributed by atoms with van der Waals surface area (Å²) in [6, 6.07) is 22.9. The van der Waals surface area contributed by atoms with E-state index >= 15 is 0 Å². The van der Waals surface area contributed by atoms with E-state index in [9.17, 15) is 10.1 Å². The molecule has 0 saturated heterocycles. The zero-order valence-corrected chi connectivity index (χ0v) is 17.2. The fourth-order valence-corrected chi connectivity index (χ4v) is 5.66. The molecule has 0 aromatic heterocycles. The van der Waals surface area contributed by atoms with E-state index in [1.54, 1.807) is 6.07 Å². The minimum atomic E-state index is -0.239.